The van der Waals surface area contributed by atoms with E-state index in [-0.39, 0.29) is 37.6 Å². The first-order chi connectivity index (χ1) is 20.4. The monoisotopic (exact) mass is 574 g/mol. The molecule has 0 bridgehead atoms. The molecule has 0 saturated heterocycles. The quantitative estimate of drug-likeness (QED) is 0.309. The van der Waals surface area contributed by atoms with Gasteiger partial charge in [0.2, 0.25) is 0 Å². The van der Waals surface area contributed by atoms with Crippen LogP contribution < -0.4 is 18.9 Å². The first-order valence-corrected chi connectivity index (χ1v) is 13.4. The van der Waals surface area contributed by atoms with Gasteiger partial charge in [0.15, 0.2) is 0 Å². The molecule has 3 aromatic carbocycles. The molecule has 2 heterocycles. The van der Waals surface area contributed by atoms with Gasteiger partial charge in [0, 0.05) is 11.1 Å². The molecule has 0 saturated carbocycles. The Bertz CT molecular complexity index is 1350. The summed E-state index contributed by atoms with van der Waals surface area (Å²) in [6, 6.07) is 16.3. The molecule has 2 aliphatic heterocycles. The minimum absolute atomic E-state index is 0.0715. The molecule has 0 aromatic heterocycles. The van der Waals surface area contributed by atoms with Crippen molar-refractivity contribution in [2.24, 2.45) is 0 Å². The largest absolute Gasteiger partial charge is 0.491 e. The Morgan fingerprint density at radius 2 is 1.07 bits per heavy atom. The SMILES string of the molecule is O=C(OCC(O)COc1ccc2c(c1)C=CCO2)c1ccc(C(=O)OCC(O)COc2ccc3c(c2)C=CCO3)cc1. The number of ether oxygens (including phenoxy) is 6. The number of rotatable bonds is 12. The van der Waals surface area contributed by atoms with Crippen molar-refractivity contribution in [3.8, 4) is 23.0 Å². The minimum atomic E-state index is -1.04. The Labute approximate surface area is 242 Å². The van der Waals surface area contributed by atoms with Gasteiger partial charge in [0.05, 0.1) is 11.1 Å². The van der Waals surface area contributed by atoms with Crippen LogP contribution in [0.25, 0.3) is 12.2 Å². The summed E-state index contributed by atoms with van der Waals surface area (Å²) in [4.78, 5) is 24.8. The van der Waals surface area contributed by atoms with Gasteiger partial charge in [0.25, 0.3) is 0 Å². The van der Waals surface area contributed by atoms with Gasteiger partial charge in [-0.25, -0.2) is 9.59 Å². The zero-order valence-corrected chi connectivity index (χ0v) is 22.6. The molecule has 0 amide bonds. The first kappa shape index (κ1) is 28.7. The third-order valence-corrected chi connectivity index (χ3v) is 6.28. The van der Waals surface area contributed by atoms with Gasteiger partial charge in [0.1, 0.15) is 74.8 Å². The highest BCUT2D eigenvalue weighted by molar-refractivity contribution is 5.93. The lowest BCUT2D eigenvalue weighted by molar-refractivity contribution is 0.0123. The summed E-state index contributed by atoms with van der Waals surface area (Å²) >= 11 is 0. The fraction of sp³-hybridized carbons (Fsp3) is 0.250. The number of aliphatic hydroxyl groups is 2. The van der Waals surface area contributed by atoms with Crippen molar-refractivity contribution >= 4 is 24.1 Å². The lowest BCUT2D eigenvalue weighted by Crippen LogP contribution is -2.25. The second kappa shape index (κ2) is 13.7. The standard InChI is InChI=1S/C32H30O10/c33-25(17-39-27-9-11-29-23(15-27)3-1-13-37-29)19-41-31(35)21-5-7-22(8-6-21)32(36)42-20-26(34)18-40-28-10-12-30-24(16-28)4-2-14-38-30/h1-12,15-16,25-26,33-34H,13-14,17-20H2. The zero-order chi connectivity index (χ0) is 29.3. The second-order valence-corrected chi connectivity index (χ2v) is 9.53. The average Bonchev–Trinajstić information content (AvgIpc) is 3.04. The molecule has 3 aromatic rings. The van der Waals surface area contributed by atoms with Crippen LogP contribution in [-0.4, -0.2) is 74.0 Å². The van der Waals surface area contributed by atoms with E-state index in [1.54, 1.807) is 36.4 Å². The van der Waals surface area contributed by atoms with Crippen LogP contribution in [0.15, 0.2) is 72.8 Å². The van der Waals surface area contributed by atoms with Gasteiger partial charge in [-0.05, 0) is 72.8 Å². The first-order valence-electron chi connectivity index (χ1n) is 13.4. The van der Waals surface area contributed by atoms with Crippen molar-refractivity contribution in [1.29, 1.82) is 0 Å². The highest BCUT2D eigenvalue weighted by Gasteiger charge is 2.16. The fourth-order valence-electron chi connectivity index (χ4n) is 4.12. The van der Waals surface area contributed by atoms with Crippen LogP contribution in [0.1, 0.15) is 31.8 Å². The van der Waals surface area contributed by atoms with E-state index < -0.39 is 24.1 Å². The highest BCUT2D eigenvalue weighted by Crippen LogP contribution is 2.29. The summed E-state index contributed by atoms with van der Waals surface area (Å²) in [6.45, 7) is 0.363. The Morgan fingerprint density at radius 3 is 1.50 bits per heavy atom. The van der Waals surface area contributed by atoms with Crippen LogP contribution in [0.3, 0.4) is 0 Å². The van der Waals surface area contributed by atoms with Crippen LogP contribution >= 0.6 is 0 Å². The summed E-state index contributed by atoms with van der Waals surface area (Å²) in [5.41, 5.74) is 2.15. The smallest absolute Gasteiger partial charge is 0.338 e. The molecule has 5 rings (SSSR count). The summed E-state index contributed by atoms with van der Waals surface area (Å²) in [5, 5.41) is 20.4. The molecule has 2 atom stereocenters. The Balaban J connectivity index is 1.01. The molecule has 2 N–H and O–H groups in total. The van der Waals surface area contributed by atoms with E-state index in [0.29, 0.717) is 24.7 Å². The summed E-state index contributed by atoms with van der Waals surface area (Å²) in [7, 11) is 0. The Kier molecular flexibility index (Phi) is 9.37. The molecular formula is C32H30O10. The second-order valence-electron chi connectivity index (χ2n) is 9.53. The predicted molar refractivity (Wildman–Crippen MR) is 152 cm³/mol. The number of carbonyl (C=O) groups is 2. The van der Waals surface area contributed by atoms with Gasteiger partial charge in [-0.15, -0.1) is 0 Å². The number of esters is 2. The number of hydrogen-bond donors (Lipinski definition) is 2. The molecule has 218 valence electrons. The van der Waals surface area contributed by atoms with Gasteiger partial charge in [-0.2, -0.15) is 0 Å². The highest BCUT2D eigenvalue weighted by atomic mass is 16.6. The summed E-state index contributed by atoms with van der Waals surface area (Å²) in [6.07, 6.45) is 5.56. The lowest BCUT2D eigenvalue weighted by atomic mass is 10.1. The Hall–Kier alpha value is -4.80. The van der Waals surface area contributed by atoms with Crippen molar-refractivity contribution in [3.05, 3.63) is 95.1 Å². The summed E-state index contributed by atoms with van der Waals surface area (Å²) in [5.74, 6) is 1.30. The maximum Gasteiger partial charge on any atom is 0.338 e. The van der Waals surface area contributed by atoms with Crippen molar-refractivity contribution < 1.29 is 48.2 Å². The number of benzene rings is 3. The molecule has 0 spiro atoms. The number of aliphatic hydroxyl groups excluding tert-OH is 2. The van der Waals surface area contributed by atoms with Gasteiger partial charge < -0.3 is 38.6 Å². The molecule has 10 nitrogen and oxygen atoms in total. The zero-order valence-electron chi connectivity index (χ0n) is 22.6. The summed E-state index contributed by atoms with van der Waals surface area (Å²) < 4.78 is 32.5. The third-order valence-electron chi connectivity index (χ3n) is 6.28. The maximum atomic E-state index is 12.4. The molecule has 10 heteroatoms. The molecule has 2 unspecified atom stereocenters. The molecule has 42 heavy (non-hydrogen) atoms. The van der Waals surface area contributed by atoms with Crippen molar-refractivity contribution in [1.82, 2.24) is 0 Å². The topological polar surface area (TPSA) is 130 Å². The van der Waals surface area contributed by atoms with Gasteiger partial charge in [-0.1, -0.05) is 12.2 Å². The Morgan fingerprint density at radius 1 is 0.643 bits per heavy atom. The number of carbonyl (C=O) groups excluding carboxylic acids is 2. The van der Waals surface area contributed by atoms with E-state index in [0.717, 1.165) is 22.6 Å². The third kappa shape index (κ3) is 7.68. The molecule has 0 fully saturated rings. The van der Waals surface area contributed by atoms with E-state index >= 15 is 0 Å². The van der Waals surface area contributed by atoms with E-state index in [1.807, 2.05) is 24.3 Å². The van der Waals surface area contributed by atoms with Crippen molar-refractivity contribution in [3.63, 3.8) is 0 Å². The predicted octanol–water partition coefficient (Wildman–Crippen LogP) is 3.69. The minimum Gasteiger partial charge on any atom is -0.491 e. The van der Waals surface area contributed by atoms with E-state index in [2.05, 4.69) is 0 Å². The van der Waals surface area contributed by atoms with Gasteiger partial charge >= 0.3 is 11.9 Å². The van der Waals surface area contributed by atoms with Crippen LogP contribution in [-0.2, 0) is 9.47 Å². The van der Waals surface area contributed by atoms with E-state index in [1.165, 1.54) is 24.3 Å². The average molecular weight is 575 g/mol. The maximum absolute atomic E-state index is 12.4. The van der Waals surface area contributed by atoms with Crippen molar-refractivity contribution in [2.75, 3.05) is 39.6 Å². The van der Waals surface area contributed by atoms with E-state index in [9.17, 15) is 19.8 Å². The number of fused-ring (bicyclic) bond motifs is 2. The van der Waals surface area contributed by atoms with Crippen LogP contribution in [0.5, 0.6) is 23.0 Å². The van der Waals surface area contributed by atoms with Crippen molar-refractivity contribution in [2.45, 2.75) is 12.2 Å². The van der Waals surface area contributed by atoms with Crippen LogP contribution in [0.4, 0.5) is 0 Å². The molecular weight excluding hydrogens is 544 g/mol. The van der Waals surface area contributed by atoms with Crippen LogP contribution in [0.2, 0.25) is 0 Å². The normalized spacial score (nSPS) is 14.3. The fourth-order valence-corrected chi connectivity index (χ4v) is 4.12. The molecule has 2 aliphatic rings. The van der Waals surface area contributed by atoms with E-state index in [4.69, 9.17) is 28.4 Å². The van der Waals surface area contributed by atoms with Gasteiger partial charge in [-0.3, -0.25) is 0 Å². The lowest BCUT2D eigenvalue weighted by Gasteiger charge is -2.16. The molecule has 0 aliphatic carbocycles. The van der Waals surface area contributed by atoms with Crippen LogP contribution in [0, 0.1) is 0 Å². The molecule has 0 radical (unpaired) electrons. The number of hydrogen-bond acceptors (Lipinski definition) is 10.